The fourth-order valence-electron chi connectivity index (χ4n) is 2.29. The molecule has 0 fully saturated rings. The molecule has 2 rings (SSSR count). The van der Waals surface area contributed by atoms with E-state index < -0.39 is 0 Å². The fraction of sp³-hybridized carbons (Fsp3) is 0.316. The number of hydrogen-bond donors (Lipinski definition) is 0. The predicted molar refractivity (Wildman–Crippen MR) is 86.9 cm³/mol. The molecule has 0 atom stereocenters. The van der Waals surface area contributed by atoms with Gasteiger partial charge in [0.1, 0.15) is 5.75 Å². The van der Waals surface area contributed by atoms with Gasteiger partial charge in [0.05, 0.1) is 12.2 Å². The average Bonchev–Trinajstić information content (AvgIpc) is 2.55. The number of benzene rings is 2. The van der Waals surface area contributed by atoms with Crippen molar-refractivity contribution in [2.24, 2.45) is 0 Å². The standard InChI is InChI=1S/C19H22O2/c1-2-3-4-8-13-21-19-12-11-17(14-18(19)15-20)16-9-6-5-7-10-16/h5-7,9-12,14-15H,2-4,8,13H2,1H3. The highest BCUT2D eigenvalue weighted by Crippen LogP contribution is 2.25. The van der Waals surface area contributed by atoms with Crippen molar-refractivity contribution in [3.63, 3.8) is 0 Å². The SMILES string of the molecule is CCCCCCOc1ccc(-c2ccccc2)cc1C=O. The van der Waals surface area contributed by atoms with Crippen molar-refractivity contribution in [1.82, 2.24) is 0 Å². The monoisotopic (exact) mass is 282 g/mol. The van der Waals surface area contributed by atoms with E-state index in [0.29, 0.717) is 17.9 Å². The molecular weight excluding hydrogens is 260 g/mol. The summed E-state index contributed by atoms with van der Waals surface area (Å²) in [5.41, 5.74) is 2.76. The Hall–Kier alpha value is -2.09. The molecule has 2 heteroatoms. The Morgan fingerprint density at radius 2 is 1.76 bits per heavy atom. The molecule has 0 saturated carbocycles. The Bertz CT molecular complexity index is 561. The van der Waals surface area contributed by atoms with Gasteiger partial charge in [-0.3, -0.25) is 4.79 Å². The Morgan fingerprint density at radius 3 is 2.48 bits per heavy atom. The van der Waals surface area contributed by atoms with E-state index in [1.165, 1.54) is 19.3 Å². The van der Waals surface area contributed by atoms with Crippen LogP contribution in [0.1, 0.15) is 43.0 Å². The molecule has 2 nitrogen and oxygen atoms in total. The van der Waals surface area contributed by atoms with Crippen LogP contribution < -0.4 is 4.74 Å². The van der Waals surface area contributed by atoms with Crippen molar-refractivity contribution in [1.29, 1.82) is 0 Å². The summed E-state index contributed by atoms with van der Waals surface area (Å²) in [5.74, 6) is 0.682. The van der Waals surface area contributed by atoms with E-state index in [0.717, 1.165) is 23.8 Å². The highest BCUT2D eigenvalue weighted by atomic mass is 16.5. The van der Waals surface area contributed by atoms with Gasteiger partial charge < -0.3 is 4.74 Å². The van der Waals surface area contributed by atoms with Crippen LogP contribution in [0.4, 0.5) is 0 Å². The molecule has 110 valence electrons. The summed E-state index contributed by atoms with van der Waals surface area (Å²) in [7, 11) is 0. The normalized spacial score (nSPS) is 10.3. The molecular formula is C19H22O2. The maximum Gasteiger partial charge on any atom is 0.153 e. The molecule has 0 spiro atoms. The van der Waals surface area contributed by atoms with Crippen LogP contribution in [0.3, 0.4) is 0 Å². The first-order valence-corrected chi connectivity index (χ1v) is 7.62. The number of hydrogen-bond acceptors (Lipinski definition) is 2. The second-order valence-electron chi connectivity index (χ2n) is 5.15. The molecule has 0 aliphatic carbocycles. The van der Waals surface area contributed by atoms with Crippen LogP contribution in [0.2, 0.25) is 0 Å². The average molecular weight is 282 g/mol. The number of rotatable bonds is 8. The van der Waals surface area contributed by atoms with Crippen LogP contribution in [-0.4, -0.2) is 12.9 Å². The maximum absolute atomic E-state index is 11.3. The van der Waals surface area contributed by atoms with Gasteiger partial charge in [-0.2, -0.15) is 0 Å². The predicted octanol–water partition coefficient (Wildman–Crippen LogP) is 5.13. The van der Waals surface area contributed by atoms with E-state index in [2.05, 4.69) is 6.92 Å². The van der Waals surface area contributed by atoms with Gasteiger partial charge in [-0.25, -0.2) is 0 Å². The van der Waals surface area contributed by atoms with E-state index in [1.807, 2.05) is 48.5 Å². The van der Waals surface area contributed by atoms with Crippen molar-refractivity contribution in [3.05, 3.63) is 54.1 Å². The van der Waals surface area contributed by atoms with Gasteiger partial charge in [0.2, 0.25) is 0 Å². The topological polar surface area (TPSA) is 26.3 Å². The molecule has 0 radical (unpaired) electrons. The van der Waals surface area contributed by atoms with E-state index in [-0.39, 0.29) is 0 Å². The zero-order chi connectivity index (χ0) is 14.9. The van der Waals surface area contributed by atoms with Gasteiger partial charge in [-0.05, 0) is 29.7 Å². The van der Waals surface area contributed by atoms with Gasteiger partial charge in [-0.1, -0.05) is 62.6 Å². The largest absolute Gasteiger partial charge is 0.493 e. The molecule has 2 aromatic carbocycles. The minimum Gasteiger partial charge on any atom is -0.493 e. The van der Waals surface area contributed by atoms with Crippen molar-refractivity contribution in [2.45, 2.75) is 32.6 Å². The summed E-state index contributed by atoms with van der Waals surface area (Å²) < 4.78 is 5.73. The molecule has 21 heavy (non-hydrogen) atoms. The van der Waals surface area contributed by atoms with Gasteiger partial charge in [0, 0.05) is 0 Å². The quantitative estimate of drug-likeness (QED) is 0.496. The summed E-state index contributed by atoms with van der Waals surface area (Å²) in [5, 5.41) is 0. The van der Waals surface area contributed by atoms with Gasteiger partial charge in [-0.15, -0.1) is 0 Å². The van der Waals surface area contributed by atoms with Gasteiger partial charge >= 0.3 is 0 Å². The van der Waals surface area contributed by atoms with Gasteiger partial charge in [0.25, 0.3) is 0 Å². The number of ether oxygens (including phenoxy) is 1. The number of unbranched alkanes of at least 4 members (excludes halogenated alkanes) is 3. The summed E-state index contributed by atoms with van der Waals surface area (Å²) in [4.78, 5) is 11.3. The molecule has 0 N–H and O–H groups in total. The first kappa shape index (κ1) is 15.3. The summed E-state index contributed by atoms with van der Waals surface area (Å²) >= 11 is 0. The highest BCUT2D eigenvalue weighted by Gasteiger charge is 2.06. The molecule has 0 bridgehead atoms. The Morgan fingerprint density at radius 1 is 0.952 bits per heavy atom. The lowest BCUT2D eigenvalue weighted by molar-refractivity contribution is 0.111. The second kappa shape index (κ2) is 8.25. The Labute approximate surface area is 126 Å². The van der Waals surface area contributed by atoms with E-state index in [4.69, 9.17) is 4.74 Å². The maximum atomic E-state index is 11.3. The first-order chi connectivity index (χ1) is 10.3. The third-order valence-electron chi connectivity index (χ3n) is 3.50. The van der Waals surface area contributed by atoms with Crippen LogP contribution in [0.25, 0.3) is 11.1 Å². The Kier molecular flexibility index (Phi) is 6.01. The lowest BCUT2D eigenvalue weighted by Gasteiger charge is -2.10. The Balaban J connectivity index is 2.05. The minimum atomic E-state index is 0.617. The molecule has 0 aromatic heterocycles. The van der Waals surface area contributed by atoms with Crippen LogP contribution in [0.15, 0.2) is 48.5 Å². The lowest BCUT2D eigenvalue weighted by atomic mass is 10.0. The number of carbonyl (C=O) groups is 1. The summed E-state index contributed by atoms with van der Waals surface area (Å²) in [6.07, 6.45) is 5.53. The van der Waals surface area contributed by atoms with Crippen molar-refractivity contribution >= 4 is 6.29 Å². The molecule has 0 aliphatic rings. The molecule has 0 amide bonds. The zero-order valence-corrected chi connectivity index (χ0v) is 12.5. The molecule has 0 saturated heterocycles. The minimum absolute atomic E-state index is 0.617. The zero-order valence-electron chi connectivity index (χ0n) is 12.5. The first-order valence-electron chi connectivity index (χ1n) is 7.62. The van der Waals surface area contributed by atoms with Crippen molar-refractivity contribution in [2.75, 3.05) is 6.61 Å². The summed E-state index contributed by atoms with van der Waals surface area (Å²) in [6, 6.07) is 15.8. The summed E-state index contributed by atoms with van der Waals surface area (Å²) in [6.45, 7) is 2.86. The fourth-order valence-corrected chi connectivity index (χ4v) is 2.29. The molecule has 0 unspecified atom stereocenters. The van der Waals surface area contributed by atoms with Crippen LogP contribution in [0.5, 0.6) is 5.75 Å². The van der Waals surface area contributed by atoms with Crippen molar-refractivity contribution < 1.29 is 9.53 Å². The highest BCUT2D eigenvalue weighted by molar-refractivity contribution is 5.83. The van der Waals surface area contributed by atoms with Crippen molar-refractivity contribution in [3.8, 4) is 16.9 Å². The molecule has 0 aliphatic heterocycles. The lowest BCUT2D eigenvalue weighted by Crippen LogP contribution is -2.00. The van der Waals surface area contributed by atoms with Crippen LogP contribution in [0, 0.1) is 0 Å². The van der Waals surface area contributed by atoms with Crippen LogP contribution in [-0.2, 0) is 0 Å². The number of carbonyl (C=O) groups excluding carboxylic acids is 1. The number of aldehydes is 1. The van der Waals surface area contributed by atoms with E-state index >= 15 is 0 Å². The molecule has 0 heterocycles. The smallest absolute Gasteiger partial charge is 0.153 e. The third kappa shape index (κ3) is 4.45. The molecule has 2 aromatic rings. The van der Waals surface area contributed by atoms with E-state index in [1.54, 1.807) is 0 Å². The van der Waals surface area contributed by atoms with Gasteiger partial charge in [0.15, 0.2) is 6.29 Å². The van der Waals surface area contributed by atoms with Crippen LogP contribution >= 0.6 is 0 Å². The van der Waals surface area contributed by atoms with E-state index in [9.17, 15) is 4.79 Å². The third-order valence-corrected chi connectivity index (χ3v) is 3.50. The second-order valence-corrected chi connectivity index (χ2v) is 5.15.